The minimum Gasteiger partial charge on any atom is -0.490 e. The van der Waals surface area contributed by atoms with Crippen LogP contribution in [-0.4, -0.2) is 37.3 Å². The van der Waals surface area contributed by atoms with Crippen LogP contribution in [0.2, 0.25) is 0 Å². The zero-order valence-corrected chi connectivity index (χ0v) is 15.7. The molecule has 0 unspecified atom stereocenters. The summed E-state index contributed by atoms with van der Waals surface area (Å²) < 4.78 is 18.4. The topological polar surface area (TPSA) is 73.5 Å². The van der Waals surface area contributed by atoms with Gasteiger partial charge in [-0.2, -0.15) is 5.26 Å². The summed E-state index contributed by atoms with van der Waals surface area (Å²) in [4.78, 5) is 12.6. The minimum absolute atomic E-state index is 0.0967. The molecule has 0 aliphatic heterocycles. The first-order valence-electron chi connectivity index (χ1n) is 8.50. The van der Waals surface area contributed by atoms with E-state index in [2.05, 4.69) is 10.6 Å². The van der Waals surface area contributed by atoms with E-state index < -0.39 is 0 Å². The lowest BCUT2D eigenvalue weighted by Gasteiger charge is -2.12. The molecule has 0 amide bonds. The van der Waals surface area contributed by atoms with Crippen molar-refractivity contribution >= 4 is 5.78 Å². The molecule has 2 aromatic rings. The Morgan fingerprint density at radius 3 is 2.62 bits per heavy atom. The van der Waals surface area contributed by atoms with Crippen LogP contribution in [0, 0.1) is 25.2 Å². The number of carbonyl (C=O) groups is 1. The molecular formula is C20H24N2O4. The summed E-state index contributed by atoms with van der Waals surface area (Å²) in [6.45, 7) is 7.37. The third kappa shape index (κ3) is 4.44. The highest BCUT2D eigenvalue weighted by Gasteiger charge is 2.17. The summed E-state index contributed by atoms with van der Waals surface area (Å²) in [6.07, 6.45) is 0. The van der Waals surface area contributed by atoms with Crippen molar-refractivity contribution in [3.05, 3.63) is 46.8 Å². The summed E-state index contributed by atoms with van der Waals surface area (Å²) in [6, 6.07) is 8.84. The van der Waals surface area contributed by atoms with Gasteiger partial charge in [0.2, 0.25) is 5.78 Å². The van der Waals surface area contributed by atoms with E-state index in [0.29, 0.717) is 42.4 Å². The van der Waals surface area contributed by atoms with Gasteiger partial charge in [0.25, 0.3) is 0 Å². The smallest absolute Gasteiger partial charge is 0.202 e. The van der Waals surface area contributed by atoms with Gasteiger partial charge >= 0.3 is 0 Å². The number of Topliss-reactive ketones (excluding diaryl/α,β-unsaturated/α-hetero) is 1. The molecule has 0 spiro atoms. The molecular weight excluding hydrogens is 332 g/mol. The van der Waals surface area contributed by atoms with Crippen LogP contribution >= 0.6 is 0 Å². The van der Waals surface area contributed by atoms with Crippen molar-refractivity contribution in [2.24, 2.45) is 0 Å². The molecule has 26 heavy (non-hydrogen) atoms. The van der Waals surface area contributed by atoms with Crippen LogP contribution < -0.4 is 9.47 Å². The highest BCUT2D eigenvalue weighted by atomic mass is 16.5. The predicted octanol–water partition coefficient (Wildman–Crippen LogP) is 3.28. The van der Waals surface area contributed by atoms with Crippen molar-refractivity contribution in [2.75, 3.05) is 26.9 Å². The van der Waals surface area contributed by atoms with Gasteiger partial charge in [0.1, 0.15) is 0 Å². The van der Waals surface area contributed by atoms with Crippen LogP contribution in [0.15, 0.2) is 24.3 Å². The van der Waals surface area contributed by atoms with E-state index >= 15 is 0 Å². The Labute approximate surface area is 153 Å². The number of hydrogen-bond donors (Lipinski definition) is 0. The lowest BCUT2D eigenvalue weighted by Crippen LogP contribution is -2.14. The first-order chi connectivity index (χ1) is 12.5. The number of nitrogens with zero attached hydrogens (tertiary/aromatic N) is 2. The van der Waals surface area contributed by atoms with Crippen LogP contribution in [-0.2, 0) is 11.3 Å². The highest BCUT2D eigenvalue weighted by Crippen LogP contribution is 2.28. The number of ketones is 1. The second kappa shape index (κ2) is 9.07. The number of carbonyl (C=O) groups excluding carboxylic acids is 1. The molecule has 6 nitrogen and oxygen atoms in total. The standard InChI is InChI=1S/C20H24N2O4/c1-5-25-20-11-16(12-21)6-7-19(20)26-13-18(23)17-10-14(2)22(15(17)3)8-9-24-4/h6-7,10-11H,5,8-9,13H2,1-4H3. The van der Waals surface area contributed by atoms with Gasteiger partial charge < -0.3 is 18.8 Å². The van der Waals surface area contributed by atoms with E-state index in [4.69, 9.17) is 19.5 Å². The number of rotatable bonds is 9. The molecule has 2 rings (SSSR count). The van der Waals surface area contributed by atoms with E-state index in [1.165, 1.54) is 0 Å². The second-order valence-corrected chi connectivity index (χ2v) is 5.85. The van der Waals surface area contributed by atoms with E-state index in [-0.39, 0.29) is 12.4 Å². The van der Waals surface area contributed by atoms with Gasteiger partial charge in [0, 0.05) is 36.7 Å². The van der Waals surface area contributed by atoms with E-state index in [1.807, 2.05) is 26.8 Å². The fourth-order valence-corrected chi connectivity index (χ4v) is 2.80. The summed E-state index contributed by atoms with van der Waals surface area (Å²) >= 11 is 0. The van der Waals surface area contributed by atoms with Gasteiger partial charge in [-0.25, -0.2) is 0 Å². The minimum atomic E-state index is -0.103. The third-order valence-electron chi connectivity index (χ3n) is 4.12. The molecule has 1 heterocycles. The van der Waals surface area contributed by atoms with E-state index in [1.54, 1.807) is 25.3 Å². The Balaban J connectivity index is 2.13. The van der Waals surface area contributed by atoms with Crippen LogP contribution in [0.1, 0.15) is 34.2 Å². The normalized spacial score (nSPS) is 10.4. The number of benzene rings is 1. The van der Waals surface area contributed by atoms with E-state index in [0.717, 1.165) is 11.4 Å². The van der Waals surface area contributed by atoms with Gasteiger partial charge in [-0.1, -0.05) is 0 Å². The van der Waals surface area contributed by atoms with Gasteiger partial charge in [0.05, 0.1) is 24.8 Å². The molecule has 138 valence electrons. The van der Waals surface area contributed by atoms with E-state index in [9.17, 15) is 4.79 Å². The number of ether oxygens (including phenoxy) is 3. The Bertz CT molecular complexity index is 818. The lowest BCUT2D eigenvalue weighted by molar-refractivity contribution is 0.0918. The second-order valence-electron chi connectivity index (χ2n) is 5.85. The summed E-state index contributed by atoms with van der Waals surface area (Å²) in [7, 11) is 1.65. The fraction of sp³-hybridized carbons (Fsp3) is 0.400. The predicted molar refractivity (Wildman–Crippen MR) is 97.9 cm³/mol. The van der Waals surface area contributed by atoms with Crippen LogP contribution in [0.5, 0.6) is 11.5 Å². The molecule has 0 N–H and O–H groups in total. The zero-order chi connectivity index (χ0) is 19.1. The van der Waals surface area contributed by atoms with Crippen LogP contribution in [0.3, 0.4) is 0 Å². The highest BCUT2D eigenvalue weighted by molar-refractivity contribution is 5.98. The molecule has 0 aliphatic carbocycles. The van der Waals surface area contributed by atoms with Crippen molar-refractivity contribution in [2.45, 2.75) is 27.3 Å². The maximum atomic E-state index is 12.6. The number of aryl methyl sites for hydroxylation is 1. The van der Waals surface area contributed by atoms with Crippen molar-refractivity contribution < 1.29 is 19.0 Å². The quantitative estimate of drug-likeness (QED) is 0.645. The Kier molecular flexibility index (Phi) is 6.81. The molecule has 0 aliphatic rings. The lowest BCUT2D eigenvalue weighted by atomic mass is 10.1. The molecule has 6 heteroatoms. The van der Waals surface area contributed by atoms with Gasteiger partial charge in [-0.05, 0) is 39.0 Å². The SMILES string of the molecule is CCOc1cc(C#N)ccc1OCC(=O)c1cc(C)n(CCOC)c1C. The molecule has 1 aromatic carbocycles. The van der Waals surface area contributed by atoms with Gasteiger partial charge in [0.15, 0.2) is 18.1 Å². The maximum Gasteiger partial charge on any atom is 0.202 e. The maximum absolute atomic E-state index is 12.6. The largest absolute Gasteiger partial charge is 0.490 e. The molecule has 0 saturated carbocycles. The molecule has 0 radical (unpaired) electrons. The van der Waals surface area contributed by atoms with Gasteiger partial charge in [-0.3, -0.25) is 4.79 Å². The summed E-state index contributed by atoms with van der Waals surface area (Å²) in [5.74, 6) is 0.811. The average molecular weight is 356 g/mol. The van der Waals surface area contributed by atoms with Crippen molar-refractivity contribution in [3.8, 4) is 17.6 Å². The first kappa shape index (κ1) is 19.5. The molecule has 0 bridgehead atoms. The molecule has 1 aromatic heterocycles. The number of methoxy groups -OCH3 is 1. The molecule has 0 atom stereocenters. The number of hydrogen-bond acceptors (Lipinski definition) is 5. The molecule has 0 fully saturated rings. The Hall–Kier alpha value is -2.78. The third-order valence-corrected chi connectivity index (χ3v) is 4.12. The first-order valence-corrected chi connectivity index (χ1v) is 8.50. The fourth-order valence-electron chi connectivity index (χ4n) is 2.80. The monoisotopic (exact) mass is 356 g/mol. The number of nitriles is 1. The van der Waals surface area contributed by atoms with Crippen molar-refractivity contribution in [1.82, 2.24) is 4.57 Å². The van der Waals surface area contributed by atoms with Crippen LogP contribution in [0.25, 0.3) is 0 Å². The van der Waals surface area contributed by atoms with Crippen molar-refractivity contribution in [1.29, 1.82) is 5.26 Å². The molecule has 0 saturated heterocycles. The summed E-state index contributed by atoms with van der Waals surface area (Å²) in [5, 5.41) is 9.00. The average Bonchev–Trinajstić information content (AvgIpc) is 2.92. The Morgan fingerprint density at radius 2 is 1.96 bits per heavy atom. The zero-order valence-electron chi connectivity index (χ0n) is 15.7. The summed E-state index contributed by atoms with van der Waals surface area (Å²) in [5.41, 5.74) is 3.04. The van der Waals surface area contributed by atoms with Crippen molar-refractivity contribution in [3.63, 3.8) is 0 Å². The Morgan fingerprint density at radius 1 is 1.19 bits per heavy atom. The van der Waals surface area contributed by atoms with Crippen LogP contribution in [0.4, 0.5) is 0 Å². The number of aromatic nitrogens is 1. The van der Waals surface area contributed by atoms with Gasteiger partial charge in [-0.15, -0.1) is 0 Å².